The predicted molar refractivity (Wildman–Crippen MR) is 35.5 cm³/mol. The molecule has 10 heavy (non-hydrogen) atoms. The molecule has 0 saturated carbocycles. The third-order valence-corrected chi connectivity index (χ3v) is 1.53. The van der Waals surface area contributed by atoms with Crippen LogP contribution in [0.15, 0.2) is 11.3 Å². The van der Waals surface area contributed by atoms with E-state index in [1.807, 2.05) is 0 Å². The molecule has 3 nitrogen and oxygen atoms in total. The van der Waals surface area contributed by atoms with Crippen LogP contribution in [0, 0.1) is 0 Å². The molecular weight excluding hydrogens is 132 g/mol. The second kappa shape index (κ2) is 2.33. The van der Waals surface area contributed by atoms with Crippen LogP contribution in [0.2, 0.25) is 0 Å². The Morgan fingerprint density at radius 2 is 2.30 bits per heavy atom. The molecule has 0 amide bonds. The second-order valence-electron chi connectivity index (χ2n) is 2.49. The Morgan fingerprint density at radius 3 is 2.80 bits per heavy atom. The third-order valence-electron chi connectivity index (χ3n) is 1.53. The molecule has 1 aliphatic rings. The normalized spacial score (nSPS) is 26.6. The van der Waals surface area contributed by atoms with Crippen LogP contribution in [0.25, 0.3) is 0 Å². The van der Waals surface area contributed by atoms with Gasteiger partial charge in [0.15, 0.2) is 0 Å². The zero-order valence-electron chi connectivity index (χ0n) is 6.05. The molecule has 0 spiro atoms. The minimum Gasteiger partial charge on any atom is -0.512 e. The summed E-state index contributed by atoms with van der Waals surface area (Å²) in [6.45, 7) is 3.31. The maximum absolute atomic E-state index is 10.8. The van der Waals surface area contributed by atoms with Crippen molar-refractivity contribution in [1.82, 2.24) is 0 Å². The number of hydrogen-bond donors (Lipinski definition) is 1. The molecule has 0 radical (unpaired) electrons. The van der Waals surface area contributed by atoms with Gasteiger partial charge >= 0.3 is 5.97 Å². The van der Waals surface area contributed by atoms with Gasteiger partial charge < -0.3 is 9.84 Å². The van der Waals surface area contributed by atoms with Crippen molar-refractivity contribution in [2.75, 3.05) is 0 Å². The average Bonchev–Trinajstić information content (AvgIpc) is 1.82. The molecule has 1 aliphatic heterocycles. The van der Waals surface area contributed by atoms with Gasteiger partial charge in [-0.15, -0.1) is 0 Å². The average molecular weight is 142 g/mol. The minimum absolute atomic E-state index is 0.156. The first kappa shape index (κ1) is 7.12. The highest BCUT2D eigenvalue weighted by molar-refractivity contribution is 5.89. The van der Waals surface area contributed by atoms with Gasteiger partial charge in [-0.3, -0.25) is 0 Å². The lowest BCUT2D eigenvalue weighted by atomic mass is 10.1. The van der Waals surface area contributed by atoms with Crippen LogP contribution < -0.4 is 0 Å². The van der Waals surface area contributed by atoms with Crippen LogP contribution in [0.4, 0.5) is 0 Å². The van der Waals surface area contributed by atoms with Gasteiger partial charge in [0.1, 0.15) is 11.9 Å². The molecular formula is C7H10O3. The van der Waals surface area contributed by atoms with Crippen LogP contribution in [0.1, 0.15) is 20.3 Å². The maximum atomic E-state index is 10.8. The number of aliphatic hydroxyl groups is 1. The van der Waals surface area contributed by atoms with E-state index in [2.05, 4.69) is 0 Å². The van der Waals surface area contributed by atoms with E-state index in [9.17, 15) is 4.79 Å². The van der Waals surface area contributed by atoms with E-state index in [4.69, 9.17) is 9.84 Å². The molecule has 3 heteroatoms. The van der Waals surface area contributed by atoms with E-state index in [-0.39, 0.29) is 11.9 Å². The first-order valence-corrected chi connectivity index (χ1v) is 3.21. The number of carbonyl (C=O) groups excluding carboxylic acids is 1. The minimum atomic E-state index is -0.406. The van der Waals surface area contributed by atoms with Crippen LogP contribution in [0.3, 0.4) is 0 Å². The summed E-state index contributed by atoms with van der Waals surface area (Å²) >= 11 is 0. The Hall–Kier alpha value is -0.990. The molecule has 1 rings (SSSR count). The van der Waals surface area contributed by atoms with Crippen LogP contribution in [0.5, 0.6) is 0 Å². The van der Waals surface area contributed by atoms with Gasteiger partial charge in [0, 0.05) is 6.42 Å². The van der Waals surface area contributed by atoms with Crippen molar-refractivity contribution in [1.29, 1.82) is 0 Å². The van der Waals surface area contributed by atoms with Crippen molar-refractivity contribution in [3.8, 4) is 0 Å². The van der Waals surface area contributed by atoms with Crippen LogP contribution in [-0.4, -0.2) is 17.2 Å². The summed E-state index contributed by atoms with van der Waals surface area (Å²) < 4.78 is 4.81. The lowest BCUT2D eigenvalue weighted by Crippen LogP contribution is -2.22. The molecule has 1 atom stereocenters. The van der Waals surface area contributed by atoms with Gasteiger partial charge in [0.25, 0.3) is 0 Å². The fourth-order valence-corrected chi connectivity index (χ4v) is 0.856. The van der Waals surface area contributed by atoms with Crippen molar-refractivity contribution in [2.45, 2.75) is 26.4 Å². The van der Waals surface area contributed by atoms with E-state index in [1.54, 1.807) is 13.8 Å². The Kier molecular flexibility index (Phi) is 1.66. The van der Waals surface area contributed by atoms with E-state index in [1.165, 1.54) is 0 Å². The molecule has 0 aromatic heterocycles. The van der Waals surface area contributed by atoms with E-state index >= 15 is 0 Å². The largest absolute Gasteiger partial charge is 0.512 e. The highest BCUT2D eigenvalue weighted by Gasteiger charge is 2.22. The van der Waals surface area contributed by atoms with Crippen molar-refractivity contribution < 1.29 is 14.6 Å². The molecule has 1 N–H and O–H groups in total. The van der Waals surface area contributed by atoms with Gasteiger partial charge in [-0.1, -0.05) is 0 Å². The quantitative estimate of drug-likeness (QED) is 0.516. The molecule has 0 saturated heterocycles. The lowest BCUT2D eigenvalue weighted by molar-refractivity contribution is -0.145. The molecule has 0 bridgehead atoms. The van der Waals surface area contributed by atoms with Crippen molar-refractivity contribution in [3.63, 3.8) is 0 Å². The monoisotopic (exact) mass is 142 g/mol. The van der Waals surface area contributed by atoms with Crippen molar-refractivity contribution in [2.24, 2.45) is 0 Å². The SMILES string of the molecule is CC1=C(O)CC(C)OC1=O. The Morgan fingerprint density at radius 1 is 1.70 bits per heavy atom. The summed E-state index contributed by atoms with van der Waals surface area (Å²) in [6.07, 6.45) is 0.258. The Labute approximate surface area is 59.3 Å². The predicted octanol–water partition coefficient (Wildman–Crippen LogP) is 1.15. The summed E-state index contributed by atoms with van der Waals surface area (Å²) in [6, 6.07) is 0. The third kappa shape index (κ3) is 1.12. The smallest absolute Gasteiger partial charge is 0.337 e. The van der Waals surface area contributed by atoms with Gasteiger partial charge in [0.2, 0.25) is 0 Å². The first-order valence-electron chi connectivity index (χ1n) is 3.21. The first-order chi connectivity index (χ1) is 4.61. The Balaban J connectivity index is 2.85. The molecule has 0 aromatic carbocycles. The van der Waals surface area contributed by atoms with Crippen molar-refractivity contribution >= 4 is 5.97 Å². The zero-order valence-corrected chi connectivity index (χ0v) is 6.05. The fourth-order valence-electron chi connectivity index (χ4n) is 0.856. The Bertz CT molecular complexity index is 193. The number of rotatable bonds is 0. The maximum Gasteiger partial charge on any atom is 0.337 e. The second-order valence-corrected chi connectivity index (χ2v) is 2.49. The van der Waals surface area contributed by atoms with Gasteiger partial charge in [-0.2, -0.15) is 0 Å². The number of ether oxygens (including phenoxy) is 1. The van der Waals surface area contributed by atoms with E-state index in [0.717, 1.165) is 0 Å². The number of aliphatic hydroxyl groups excluding tert-OH is 1. The van der Waals surface area contributed by atoms with Gasteiger partial charge in [-0.25, -0.2) is 4.79 Å². The summed E-state index contributed by atoms with van der Waals surface area (Å²) in [5.74, 6) is -0.250. The molecule has 1 heterocycles. The number of esters is 1. The van der Waals surface area contributed by atoms with Gasteiger partial charge in [0.05, 0.1) is 5.57 Å². The van der Waals surface area contributed by atoms with E-state index in [0.29, 0.717) is 12.0 Å². The topological polar surface area (TPSA) is 46.5 Å². The standard InChI is InChI=1S/C7H10O3/c1-4-3-6(8)5(2)7(9)10-4/h4,8H,3H2,1-2H3. The summed E-state index contributed by atoms with van der Waals surface area (Å²) in [5, 5.41) is 9.10. The molecule has 56 valence electrons. The molecule has 0 aromatic rings. The fraction of sp³-hybridized carbons (Fsp3) is 0.571. The molecule has 0 aliphatic carbocycles. The number of carbonyl (C=O) groups is 1. The molecule has 1 unspecified atom stereocenters. The summed E-state index contributed by atoms with van der Waals surface area (Å²) in [4.78, 5) is 10.8. The number of cyclic esters (lactones) is 1. The summed E-state index contributed by atoms with van der Waals surface area (Å²) in [7, 11) is 0. The number of hydrogen-bond acceptors (Lipinski definition) is 3. The highest BCUT2D eigenvalue weighted by Crippen LogP contribution is 2.18. The van der Waals surface area contributed by atoms with Crippen molar-refractivity contribution in [3.05, 3.63) is 11.3 Å². The van der Waals surface area contributed by atoms with E-state index < -0.39 is 5.97 Å². The lowest BCUT2D eigenvalue weighted by Gasteiger charge is -2.19. The molecule has 0 fully saturated rings. The van der Waals surface area contributed by atoms with Crippen LogP contribution >= 0.6 is 0 Å². The highest BCUT2D eigenvalue weighted by atomic mass is 16.5. The van der Waals surface area contributed by atoms with Crippen LogP contribution in [-0.2, 0) is 9.53 Å². The van der Waals surface area contributed by atoms with Gasteiger partial charge in [-0.05, 0) is 13.8 Å². The zero-order chi connectivity index (χ0) is 7.72. The summed E-state index contributed by atoms with van der Waals surface area (Å²) in [5.41, 5.74) is 0.332.